The summed E-state index contributed by atoms with van der Waals surface area (Å²) in [6, 6.07) is 0. The number of halogens is 3. The van der Waals surface area contributed by atoms with E-state index in [-0.39, 0.29) is 18.5 Å². The minimum atomic E-state index is -5.96. The van der Waals surface area contributed by atoms with E-state index in [1.807, 2.05) is 0 Å². The standard InChI is InChI=1S/C8H13F3N2O5S2/c1-6(2)7(14)12-4-3-5-19(15,16)13-20(17,18)8(9,10)11/h13H,1,3-5H2,2H3,(H,12,14). The van der Waals surface area contributed by atoms with Gasteiger partial charge in [0, 0.05) is 12.1 Å². The number of carbonyl (C=O) groups is 1. The van der Waals surface area contributed by atoms with E-state index in [0.717, 1.165) is 0 Å². The van der Waals surface area contributed by atoms with Gasteiger partial charge in [0.15, 0.2) is 0 Å². The first-order valence-electron chi connectivity index (χ1n) is 5.05. The summed E-state index contributed by atoms with van der Waals surface area (Å²) in [5.74, 6) is -1.43. The van der Waals surface area contributed by atoms with Crippen molar-refractivity contribution in [3.63, 3.8) is 0 Å². The summed E-state index contributed by atoms with van der Waals surface area (Å²) in [5, 5.41) is 2.25. The number of hydrogen-bond acceptors (Lipinski definition) is 5. The van der Waals surface area contributed by atoms with E-state index in [9.17, 15) is 34.8 Å². The minimum absolute atomic E-state index is 0.154. The molecular weight excluding hydrogens is 325 g/mol. The van der Waals surface area contributed by atoms with Gasteiger partial charge in [-0.1, -0.05) is 6.58 Å². The first-order valence-corrected chi connectivity index (χ1v) is 8.18. The Morgan fingerprint density at radius 3 is 2.10 bits per heavy atom. The molecule has 0 aromatic heterocycles. The van der Waals surface area contributed by atoms with Crippen LogP contribution in [0.2, 0.25) is 0 Å². The molecular formula is C8H13F3N2O5S2. The van der Waals surface area contributed by atoms with Crippen molar-refractivity contribution in [3.8, 4) is 0 Å². The maximum atomic E-state index is 12.0. The molecule has 0 saturated carbocycles. The lowest BCUT2D eigenvalue weighted by Crippen LogP contribution is -2.41. The molecule has 0 aromatic rings. The number of amides is 1. The molecule has 7 nitrogen and oxygen atoms in total. The van der Waals surface area contributed by atoms with Gasteiger partial charge in [0.25, 0.3) is 0 Å². The maximum absolute atomic E-state index is 12.0. The topological polar surface area (TPSA) is 109 Å². The smallest absolute Gasteiger partial charge is 0.352 e. The first-order chi connectivity index (χ1) is 8.78. The quantitative estimate of drug-likeness (QED) is 0.495. The fourth-order valence-electron chi connectivity index (χ4n) is 0.871. The van der Waals surface area contributed by atoms with E-state index in [0.29, 0.717) is 4.13 Å². The highest BCUT2D eigenvalue weighted by atomic mass is 32.3. The van der Waals surface area contributed by atoms with E-state index in [4.69, 9.17) is 0 Å². The van der Waals surface area contributed by atoms with Gasteiger partial charge in [0.1, 0.15) is 0 Å². The van der Waals surface area contributed by atoms with Crippen LogP contribution in [0.25, 0.3) is 0 Å². The van der Waals surface area contributed by atoms with Crippen LogP contribution < -0.4 is 9.44 Å². The van der Waals surface area contributed by atoms with Crippen LogP contribution in [0.1, 0.15) is 13.3 Å². The number of nitrogens with one attached hydrogen (secondary N) is 2. The van der Waals surface area contributed by atoms with Gasteiger partial charge in [0.2, 0.25) is 15.9 Å². The van der Waals surface area contributed by atoms with Crippen LogP contribution in [0.15, 0.2) is 12.2 Å². The molecule has 12 heteroatoms. The van der Waals surface area contributed by atoms with Gasteiger partial charge in [-0.3, -0.25) is 4.79 Å². The molecule has 0 aliphatic rings. The average Bonchev–Trinajstić information content (AvgIpc) is 2.20. The van der Waals surface area contributed by atoms with Gasteiger partial charge in [-0.05, 0) is 13.3 Å². The van der Waals surface area contributed by atoms with Gasteiger partial charge in [-0.15, -0.1) is 4.13 Å². The van der Waals surface area contributed by atoms with Crippen molar-refractivity contribution >= 4 is 26.0 Å². The van der Waals surface area contributed by atoms with E-state index in [1.165, 1.54) is 6.92 Å². The lowest BCUT2D eigenvalue weighted by Gasteiger charge is -2.10. The second-order valence-electron chi connectivity index (χ2n) is 3.74. The summed E-state index contributed by atoms with van der Waals surface area (Å²) < 4.78 is 80.0. The zero-order valence-electron chi connectivity index (χ0n) is 10.3. The van der Waals surface area contributed by atoms with Crippen LogP contribution in [0.4, 0.5) is 13.2 Å². The summed E-state index contributed by atoms with van der Waals surface area (Å²) >= 11 is 0. The molecule has 118 valence electrons. The number of rotatable bonds is 7. The fraction of sp³-hybridized carbons (Fsp3) is 0.625. The highest BCUT2D eigenvalue weighted by Gasteiger charge is 2.48. The van der Waals surface area contributed by atoms with Crippen LogP contribution in [0.3, 0.4) is 0 Å². The van der Waals surface area contributed by atoms with Gasteiger partial charge < -0.3 is 5.32 Å². The molecule has 0 radical (unpaired) electrons. The van der Waals surface area contributed by atoms with Crippen molar-refractivity contribution in [2.45, 2.75) is 18.9 Å². The summed E-state index contributed by atoms with van der Waals surface area (Å²) in [6.07, 6.45) is -0.262. The summed E-state index contributed by atoms with van der Waals surface area (Å²) in [4.78, 5) is 11.0. The second kappa shape index (κ2) is 6.54. The second-order valence-corrected chi connectivity index (χ2v) is 7.52. The molecule has 0 heterocycles. The number of sulfonamides is 2. The maximum Gasteiger partial charge on any atom is 0.512 e. The van der Waals surface area contributed by atoms with Crippen molar-refractivity contribution in [2.75, 3.05) is 12.3 Å². The van der Waals surface area contributed by atoms with Crippen molar-refractivity contribution in [3.05, 3.63) is 12.2 Å². The number of hydrogen-bond donors (Lipinski definition) is 2. The van der Waals surface area contributed by atoms with Crippen molar-refractivity contribution in [1.82, 2.24) is 9.44 Å². The summed E-state index contributed by atoms with van der Waals surface area (Å²) in [6.45, 7) is 4.56. The molecule has 0 aromatic carbocycles. The van der Waals surface area contributed by atoms with Crippen LogP contribution in [0.5, 0.6) is 0 Å². The molecule has 2 N–H and O–H groups in total. The van der Waals surface area contributed by atoms with E-state index in [2.05, 4.69) is 11.9 Å². The third-order valence-corrected chi connectivity index (χ3v) is 5.13. The van der Waals surface area contributed by atoms with Crippen LogP contribution in [-0.2, 0) is 24.8 Å². The Bertz CT molecular complexity index is 580. The number of carbonyl (C=O) groups excluding carboxylic acids is 1. The highest BCUT2D eigenvalue weighted by Crippen LogP contribution is 2.22. The predicted octanol–water partition coefficient (Wildman–Crippen LogP) is -0.162. The van der Waals surface area contributed by atoms with Crippen LogP contribution >= 0.6 is 0 Å². The molecule has 0 atom stereocenters. The Kier molecular flexibility index (Phi) is 6.17. The molecule has 0 rings (SSSR count). The molecule has 0 bridgehead atoms. The largest absolute Gasteiger partial charge is 0.512 e. The normalized spacial score (nSPS) is 13.0. The molecule has 0 aliphatic carbocycles. The van der Waals surface area contributed by atoms with E-state index < -0.39 is 37.2 Å². The Morgan fingerprint density at radius 1 is 1.20 bits per heavy atom. The Hall–Kier alpha value is -1.14. The molecule has 1 amide bonds. The fourth-order valence-corrected chi connectivity index (χ4v) is 3.44. The van der Waals surface area contributed by atoms with Crippen molar-refractivity contribution in [1.29, 1.82) is 0 Å². The molecule has 0 unspecified atom stereocenters. The zero-order chi connectivity index (χ0) is 16.2. The molecule has 0 fully saturated rings. The highest BCUT2D eigenvalue weighted by molar-refractivity contribution is 8.05. The third-order valence-electron chi connectivity index (χ3n) is 1.80. The lowest BCUT2D eigenvalue weighted by atomic mass is 10.3. The SMILES string of the molecule is C=C(C)C(=O)NCCCS(=O)(=O)NS(=O)(=O)C(F)(F)F. The monoisotopic (exact) mass is 338 g/mol. The van der Waals surface area contributed by atoms with Crippen LogP contribution in [0, 0.1) is 0 Å². The molecule has 0 aliphatic heterocycles. The Balaban J connectivity index is 4.44. The van der Waals surface area contributed by atoms with Crippen molar-refractivity contribution in [2.24, 2.45) is 0 Å². The zero-order valence-corrected chi connectivity index (χ0v) is 12.0. The lowest BCUT2D eigenvalue weighted by molar-refractivity contribution is -0.117. The van der Waals surface area contributed by atoms with Crippen LogP contribution in [-0.4, -0.2) is 40.5 Å². The Labute approximate surface area is 114 Å². The van der Waals surface area contributed by atoms with Gasteiger partial charge in [0.05, 0.1) is 5.75 Å². The Morgan fingerprint density at radius 2 is 1.70 bits per heavy atom. The van der Waals surface area contributed by atoms with Crippen molar-refractivity contribution < 1.29 is 34.8 Å². The van der Waals surface area contributed by atoms with Gasteiger partial charge >= 0.3 is 15.5 Å². The average molecular weight is 338 g/mol. The minimum Gasteiger partial charge on any atom is -0.352 e. The predicted molar refractivity (Wildman–Crippen MR) is 64.3 cm³/mol. The van der Waals surface area contributed by atoms with E-state index >= 15 is 0 Å². The molecule has 0 saturated heterocycles. The molecule has 0 spiro atoms. The number of alkyl halides is 3. The summed E-state index contributed by atoms with van der Waals surface area (Å²) in [5.41, 5.74) is -5.54. The third kappa shape index (κ3) is 6.34. The molecule has 20 heavy (non-hydrogen) atoms. The van der Waals surface area contributed by atoms with E-state index in [1.54, 1.807) is 0 Å². The van der Waals surface area contributed by atoms with Gasteiger partial charge in [-0.25, -0.2) is 16.8 Å². The van der Waals surface area contributed by atoms with Gasteiger partial charge in [-0.2, -0.15) is 13.2 Å². The summed E-state index contributed by atoms with van der Waals surface area (Å²) in [7, 11) is -10.6. The first kappa shape index (κ1) is 18.9.